The van der Waals surface area contributed by atoms with Crippen LogP contribution in [0.3, 0.4) is 0 Å². The minimum Gasteiger partial charge on any atom is -0.494 e. The number of hydrogen-bond acceptors (Lipinski definition) is 4. The average molecular weight is 451 g/mol. The Kier molecular flexibility index (Phi) is 6.94. The predicted octanol–water partition coefficient (Wildman–Crippen LogP) is 4.49. The second kappa shape index (κ2) is 9.86. The summed E-state index contributed by atoms with van der Waals surface area (Å²) in [6.07, 6.45) is 0. The predicted molar refractivity (Wildman–Crippen MR) is 127 cm³/mol. The fraction of sp³-hybridized carbons (Fsp3) is 0.308. The van der Waals surface area contributed by atoms with Crippen molar-refractivity contribution in [3.63, 3.8) is 0 Å². The SMILES string of the molecule is CCOc1ccc(S(=O)(=O)N2CCN(C(c3ccccc3)c3ccccc3)CC2)cc1C. The van der Waals surface area contributed by atoms with Gasteiger partial charge in [-0.3, -0.25) is 4.90 Å². The highest BCUT2D eigenvalue weighted by atomic mass is 32.2. The van der Waals surface area contributed by atoms with Crippen LogP contribution in [0.5, 0.6) is 5.75 Å². The maximum Gasteiger partial charge on any atom is 0.243 e. The molecule has 1 aliphatic rings. The van der Waals surface area contributed by atoms with Gasteiger partial charge in [0.25, 0.3) is 0 Å². The molecule has 0 N–H and O–H groups in total. The summed E-state index contributed by atoms with van der Waals surface area (Å²) in [7, 11) is -3.54. The van der Waals surface area contributed by atoms with Crippen molar-refractivity contribution in [3.05, 3.63) is 95.6 Å². The number of nitrogens with zero attached hydrogens (tertiary/aromatic N) is 2. The van der Waals surface area contributed by atoms with Crippen molar-refractivity contribution in [3.8, 4) is 5.75 Å². The second-order valence-corrected chi connectivity index (χ2v) is 9.96. The van der Waals surface area contributed by atoms with E-state index >= 15 is 0 Å². The monoisotopic (exact) mass is 450 g/mol. The molecule has 0 bridgehead atoms. The van der Waals surface area contributed by atoms with E-state index in [9.17, 15) is 8.42 Å². The first-order valence-electron chi connectivity index (χ1n) is 11.1. The maximum atomic E-state index is 13.3. The van der Waals surface area contributed by atoms with Crippen LogP contribution in [-0.2, 0) is 10.0 Å². The summed E-state index contributed by atoms with van der Waals surface area (Å²) in [5, 5.41) is 0. The fourth-order valence-corrected chi connectivity index (χ4v) is 5.84. The average Bonchev–Trinajstić information content (AvgIpc) is 2.82. The topological polar surface area (TPSA) is 49.9 Å². The van der Waals surface area contributed by atoms with Gasteiger partial charge in [-0.25, -0.2) is 8.42 Å². The molecule has 3 aromatic rings. The zero-order chi connectivity index (χ0) is 22.6. The molecule has 1 heterocycles. The number of benzene rings is 3. The molecule has 1 aliphatic heterocycles. The van der Waals surface area contributed by atoms with Gasteiger partial charge in [-0.2, -0.15) is 4.31 Å². The molecule has 0 atom stereocenters. The fourth-order valence-electron chi connectivity index (χ4n) is 4.34. The first-order chi connectivity index (χ1) is 15.5. The van der Waals surface area contributed by atoms with Gasteiger partial charge in [0.05, 0.1) is 17.5 Å². The van der Waals surface area contributed by atoms with E-state index in [4.69, 9.17) is 4.74 Å². The highest BCUT2D eigenvalue weighted by Crippen LogP contribution is 2.31. The van der Waals surface area contributed by atoms with E-state index < -0.39 is 10.0 Å². The first-order valence-corrected chi connectivity index (χ1v) is 12.5. The van der Waals surface area contributed by atoms with E-state index in [1.807, 2.05) is 26.0 Å². The molecule has 5 nitrogen and oxygen atoms in total. The lowest BCUT2D eigenvalue weighted by Crippen LogP contribution is -2.49. The van der Waals surface area contributed by atoms with E-state index in [1.165, 1.54) is 11.1 Å². The zero-order valence-electron chi connectivity index (χ0n) is 18.6. The van der Waals surface area contributed by atoms with Gasteiger partial charge in [-0.1, -0.05) is 60.7 Å². The van der Waals surface area contributed by atoms with E-state index in [0.29, 0.717) is 37.7 Å². The van der Waals surface area contributed by atoms with E-state index in [2.05, 4.69) is 53.4 Å². The highest BCUT2D eigenvalue weighted by Gasteiger charge is 2.32. The number of hydrogen-bond donors (Lipinski definition) is 0. The Morgan fingerprint density at radius 2 is 1.41 bits per heavy atom. The Bertz CT molecular complexity index is 1090. The third kappa shape index (κ3) is 4.72. The summed E-state index contributed by atoms with van der Waals surface area (Å²) < 4.78 is 33.7. The number of aryl methyl sites for hydroxylation is 1. The van der Waals surface area contributed by atoms with Gasteiger partial charge in [0, 0.05) is 26.2 Å². The van der Waals surface area contributed by atoms with Crippen LogP contribution in [0.15, 0.2) is 83.8 Å². The van der Waals surface area contributed by atoms with Crippen molar-refractivity contribution < 1.29 is 13.2 Å². The van der Waals surface area contributed by atoms with Gasteiger partial charge in [-0.05, 0) is 48.7 Å². The van der Waals surface area contributed by atoms with E-state index in [0.717, 1.165) is 11.3 Å². The molecule has 4 rings (SSSR count). The van der Waals surface area contributed by atoms with Gasteiger partial charge in [0.1, 0.15) is 5.75 Å². The maximum absolute atomic E-state index is 13.3. The van der Waals surface area contributed by atoms with Gasteiger partial charge in [-0.15, -0.1) is 0 Å². The highest BCUT2D eigenvalue weighted by molar-refractivity contribution is 7.89. The Balaban J connectivity index is 1.53. The quantitative estimate of drug-likeness (QED) is 0.532. The number of sulfonamides is 1. The van der Waals surface area contributed by atoms with Crippen molar-refractivity contribution in [2.75, 3.05) is 32.8 Å². The Morgan fingerprint density at radius 3 is 1.91 bits per heavy atom. The Labute approximate surface area is 191 Å². The lowest BCUT2D eigenvalue weighted by Gasteiger charge is -2.39. The third-order valence-electron chi connectivity index (χ3n) is 5.95. The summed E-state index contributed by atoms with van der Waals surface area (Å²) in [5.41, 5.74) is 3.27. The summed E-state index contributed by atoms with van der Waals surface area (Å²) in [4.78, 5) is 2.70. The molecule has 6 heteroatoms. The van der Waals surface area contributed by atoms with E-state index in [-0.39, 0.29) is 6.04 Å². The molecule has 0 aliphatic carbocycles. The molecule has 0 aromatic heterocycles. The summed E-state index contributed by atoms with van der Waals surface area (Å²) in [5.74, 6) is 0.727. The lowest BCUT2D eigenvalue weighted by molar-refractivity contribution is 0.156. The van der Waals surface area contributed by atoms with Crippen molar-refractivity contribution >= 4 is 10.0 Å². The summed E-state index contributed by atoms with van der Waals surface area (Å²) in [6, 6.07) is 26.1. The van der Waals surface area contributed by atoms with Crippen molar-refractivity contribution in [2.45, 2.75) is 24.8 Å². The first kappa shape index (κ1) is 22.5. The molecule has 0 saturated carbocycles. The number of piperazine rings is 1. The third-order valence-corrected chi connectivity index (χ3v) is 7.85. The van der Waals surface area contributed by atoms with Gasteiger partial charge >= 0.3 is 0 Å². The summed E-state index contributed by atoms with van der Waals surface area (Å²) in [6.45, 7) is 6.62. The molecule has 0 unspecified atom stereocenters. The molecule has 168 valence electrons. The molecule has 32 heavy (non-hydrogen) atoms. The molecule has 1 fully saturated rings. The Morgan fingerprint density at radius 1 is 0.844 bits per heavy atom. The minimum absolute atomic E-state index is 0.106. The standard InChI is InChI=1S/C26H30N2O3S/c1-3-31-25-15-14-24(20-21(25)2)32(29,30)28-18-16-27(17-19-28)26(22-10-6-4-7-11-22)23-12-8-5-9-13-23/h4-15,20,26H,3,16-19H2,1-2H3. The second-order valence-electron chi connectivity index (χ2n) is 8.02. The van der Waals surface area contributed by atoms with Crippen molar-refractivity contribution in [1.82, 2.24) is 9.21 Å². The molecule has 0 amide bonds. The van der Waals surface area contributed by atoms with Crippen LogP contribution in [0.25, 0.3) is 0 Å². The van der Waals surface area contributed by atoms with Gasteiger partial charge in [0.15, 0.2) is 0 Å². The molecule has 1 saturated heterocycles. The van der Waals surface area contributed by atoms with Crippen LogP contribution < -0.4 is 4.74 Å². The van der Waals surface area contributed by atoms with Crippen LogP contribution in [0, 0.1) is 6.92 Å². The molecule has 0 radical (unpaired) electrons. The van der Waals surface area contributed by atoms with Gasteiger partial charge < -0.3 is 4.74 Å². The molecule has 0 spiro atoms. The van der Waals surface area contributed by atoms with Crippen LogP contribution in [0.4, 0.5) is 0 Å². The normalized spacial score (nSPS) is 15.7. The van der Waals surface area contributed by atoms with Crippen LogP contribution >= 0.6 is 0 Å². The van der Waals surface area contributed by atoms with Crippen molar-refractivity contribution in [2.24, 2.45) is 0 Å². The smallest absolute Gasteiger partial charge is 0.243 e. The molecular formula is C26H30N2O3S. The van der Waals surface area contributed by atoms with E-state index in [1.54, 1.807) is 22.5 Å². The van der Waals surface area contributed by atoms with Crippen molar-refractivity contribution in [1.29, 1.82) is 0 Å². The van der Waals surface area contributed by atoms with Gasteiger partial charge in [0.2, 0.25) is 10.0 Å². The minimum atomic E-state index is -3.54. The van der Waals surface area contributed by atoms with Crippen LogP contribution in [0.1, 0.15) is 29.7 Å². The summed E-state index contributed by atoms with van der Waals surface area (Å²) >= 11 is 0. The number of rotatable bonds is 7. The molecule has 3 aromatic carbocycles. The lowest BCUT2D eigenvalue weighted by atomic mass is 9.96. The number of ether oxygens (including phenoxy) is 1. The Hall–Kier alpha value is -2.67. The zero-order valence-corrected chi connectivity index (χ0v) is 19.5. The van der Waals surface area contributed by atoms with Crippen LogP contribution in [-0.4, -0.2) is 50.4 Å². The molecular weight excluding hydrogens is 420 g/mol. The van der Waals surface area contributed by atoms with Crippen LogP contribution in [0.2, 0.25) is 0 Å². The largest absolute Gasteiger partial charge is 0.494 e.